The van der Waals surface area contributed by atoms with Crippen LogP contribution in [-0.2, 0) is 0 Å². The van der Waals surface area contributed by atoms with Crippen molar-refractivity contribution in [3.8, 4) is 5.75 Å². The highest BCUT2D eigenvalue weighted by molar-refractivity contribution is 7.13. The molecular weight excluding hydrogens is 436 g/mol. The number of likely N-dealkylation sites (tertiary alicyclic amines) is 1. The number of carbonyl (C=O) groups excluding carboxylic acids is 2. The molecule has 2 heterocycles. The Kier molecular flexibility index (Phi) is 6.48. The fraction of sp³-hybridized carbons (Fsp3) is 0.273. The summed E-state index contributed by atoms with van der Waals surface area (Å²) in [7, 11) is 1.58. The third kappa shape index (κ3) is 5.03. The molecule has 1 unspecified atom stereocenters. The number of aromatic nitrogens is 2. The molecule has 4 rings (SSSR count). The van der Waals surface area contributed by atoms with Gasteiger partial charge in [0.1, 0.15) is 10.8 Å². The largest absolute Gasteiger partial charge is 0.497 e. The molecule has 0 bridgehead atoms. The van der Waals surface area contributed by atoms with Crippen molar-refractivity contribution in [1.29, 1.82) is 0 Å². The lowest BCUT2D eigenvalue weighted by molar-refractivity contribution is 0.0706. The lowest BCUT2D eigenvalue weighted by atomic mass is 9.98. The van der Waals surface area contributed by atoms with Gasteiger partial charge in [0.2, 0.25) is 5.01 Å². The molecule has 1 aliphatic rings. The molecule has 1 saturated heterocycles. The van der Waals surface area contributed by atoms with E-state index in [1.54, 1.807) is 43.5 Å². The average Bonchev–Trinajstić information content (AvgIpc) is 3.29. The second kappa shape index (κ2) is 9.45. The minimum absolute atomic E-state index is 0.0351. The van der Waals surface area contributed by atoms with Gasteiger partial charge in [-0.05, 0) is 49.2 Å². The number of amides is 2. The van der Waals surface area contributed by atoms with Crippen molar-refractivity contribution in [3.63, 3.8) is 0 Å². The summed E-state index contributed by atoms with van der Waals surface area (Å²) >= 11 is 7.23. The van der Waals surface area contributed by atoms with E-state index in [1.807, 2.05) is 17.0 Å². The number of halogens is 1. The number of methoxy groups -OCH3 is 1. The summed E-state index contributed by atoms with van der Waals surface area (Å²) in [5.74, 6) is 0.339. The summed E-state index contributed by atoms with van der Waals surface area (Å²) in [4.78, 5) is 27.3. The van der Waals surface area contributed by atoms with Gasteiger partial charge in [-0.25, -0.2) is 0 Å². The van der Waals surface area contributed by atoms with Gasteiger partial charge in [0.15, 0.2) is 0 Å². The van der Waals surface area contributed by atoms with Gasteiger partial charge < -0.3 is 15.0 Å². The predicted molar refractivity (Wildman–Crippen MR) is 120 cm³/mol. The standard InChI is InChI=1S/C22H21ClN4O3S/c1-30-18-9-2-5-14(11-18)22(29)27-10-4-6-15(13-27)20-25-26-21(31-20)19(28)24-17-8-3-7-16(23)12-17/h2-3,5,7-9,11-12,15H,4,6,10,13H2,1H3,(H,24,28). The van der Waals surface area contributed by atoms with Crippen molar-refractivity contribution in [2.24, 2.45) is 0 Å². The zero-order chi connectivity index (χ0) is 21.8. The zero-order valence-corrected chi connectivity index (χ0v) is 18.4. The monoisotopic (exact) mass is 456 g/mol. The summed E-state index contributed by atoms with van der Waals surface area (Å²) in [6.07, 6.45) is 1.76. The van der Waals surface area contributed by atoms with Crippen molar-refractivity contribution in [2.75, 3.05) is 25.5 Å². The predicted octanol–water partition coefficient (Wildman–Crippen LogP) is 4.47. The topological polar surface area (TPSA) is 84.4 Å². The number of carbonyl (C=O) groups is 2. The summed E-state index contributed by atoms with van der Waals surface area (Å²) in [5, 5.41) is 12.7. The van der Waals surface area contributed by atoms with Crippen LogP contribution in [0.4, 0.5) is 5.69 Å². The molecule has 1 fully saturated rings. The number of anilines is 1. The molecule has 31 heavy (non-hydrogen) atoms. The van der Waals surface area contributed by atoms with Crippen LogP contribution in [0.25, 0.3) is 0 Å². The summed E-state index contributed by atoms with van der Waals surface area (Å²) in [6, 6.07) is 14.1. The fourth-order valence-electron chi connectivity index (χ4n) is 3.54. The normalized spacial score (nSPS) is 16.1. The van der Waals surface area contributed by atoms with Crippen molar-refractivity contribution in [3.05, 3.63) is 69.1 Å². The molecule has 1 aliphatic heterocycles. The van der Waals surface area contributed by atoms with Crippen LogP contribution in [0.1, 0.15) is 43.9 Å². The Balaban J connectivity index is 1.43. The number of rotatable bonds is 5. The fourth-order valence-corrected chi connectivity index (χ4v) is 4.60. The maximum atomic E-state index is 13.0. The van der Waals surface area contributed by atoms with Crippen molar-refractivity contribution >= 4 is 40.4 Å². The Morgan fingerprint density at radius 1 is 1.19 bits per heavy atom. The van der Waals surface area contributed by atoms with Crippen LogP contribution in [0, 0.1) is 0 Å². The number of nitrogens with one attached hydrogen (secondary N) is 1. The molecule has 7 nitrogen and oxygen atoms in total. The average molecular weight is 457 g/mol. The number of hydrogen-bond donors (Lipinski definition) is 1. The quantitative estimate of drug-likeness (QED) is 0.612. The first kappa shape index (κ1) is 21.3. The SMILES string of the molecule is COc1cccc(C(=O)N2CCCC(c3nnc(C(=O)Nc4cccc(Cl)c4)s3)C2)c1. The van der Waals surface area contributed by atoms with Gasteiger partial charge >= 0.3 is 0 Å². The number of ether oxygens (including phenoxy) is 1. The summed E-state index contributed by atoms with van der Waals surface area (Å²) < 4.78 is 5.22. The molecule has 2 amide bonds. The molecule has 0 saturated carbocycles. The maximum Gasteiger partial charge on any atom is 0.286 e. The Bertz CT molecular complexity index is 1100. The summed E-state index contributed by atoms with van der Waals surface area (Å²) in [6.45, 7) is 1.23. The molecule has 2 aromatic carbocycles. The molecule has 1 N–H and O–H groups in total. The number of piperidine rings is 1. The lowest BCUT2D eigenvalue weighted by Gasteiger charge is -2.31. The highest BCUT2D eigenvalue weighted by atomic mass is 35.5. The molecule has 9 heteroatoms. The molecule has 3 aromatic rings. The van der Waals surface area contributed by atoms with E-state index in [9.17, 15) is 9.59 Å². The molecular formula is C22H21ClN4O3S. The van der Waals surface area contributed by atoms with Gasteiger partial charge in [-0.15, -0.1) is 10.2 Å². The Hall–Kier alpha value is -2.97. The first-order valence-corrected chi connectivity index (χ1v) is 11.1. The number of benzene rings is 2. The van der Waals surface area contributed by atoms with Gasteiger partial charge in [-0.3, -0.25) is 9.59 Å². The van der Waals surface area contributed by atoms with Crippen LogP contribution in [0.5, 0.6) is 5.75 Å². The van der Waals surface area contributed by atoms with Crippen LogP contribution in [-0.4, -0.2) is 47.1 Å². The number of hydrogen-bond acceptors (Lipinski definition) is 6. The second-order valence-electron chi connectivity index (χ2n) is 7.23. The van der Waals surface area contributed by atoms with E-state index in [-0.39, 0.29) is 22.7 Å². The molecule has 1 aromatic heterocycles. The molecule has 0 radical (unpaired) electrons. The van der Waals surface area contributed by atoms with E-state index in [0.717, 1.165) is 17.8 Å². The molecule has 0 spiro atoms. The van der Waals surface area contributed by atoms with Gasteiger partial charge in [0.25, 0.3) is 11.8 Å². The Labute approximate surface area is 189 Å². The van der Waals surface area contributed by atoms with Crippen LogP contribution >= 0.6 is 22.9 Å². The smallest absolute Gasteiger partial charge is 0.286 e. The van der Waals surface area contributed by atoms with Gasteiger partial charge in [-0.1, -0.05) is 35.1 Å². The summed E-state index contributed by atoms with van der Waals surface area (Å²) in [5.41, 5.74) is 1.20. The molecule has 160 valence electrons. The van der Waals surface area contributed by atoms with E-state index in [2.05, 4.69) is 15.5 Å². The molecule has 1 atom stereocenters. The van der Waals surface area contributed by atoms with Crippen LogP contribution in [0.15, 0.2) is 48.5 Å². The first-order chi connectivity index (χ1) is 15.0. The van der Waals surface area contributed by atoms with E-state index < -0.39 is 0 Å². The van der Waals surface area contributed by atoms with Crippen molar-refractivity contribution < 1.29 is 14.3 Å². The van der Waals surface area contributed by atoms with Crippen molar-refractivity contribution in [2.45, 2.75) is 18.8 Å². The lowest BCUT2D eigenvalue weighted by Crippen LogP contribution is -2.39. The van der Waals surface area contributed by atoms with E-state index in [0.29, 0.717) is 35.1 Å². The minimum atomic E-state index is -0.328. The second-order valence-corrected chi connectivity index (χ2v) is 8.68. The minimum Gasteiger partial charge on any atom is -0.497 e. The van der Waals surface area contributed by atoms with Gasteiger partial charge in [0.05, 0.1) is 7.11 Å². The van der Waals surface area contributed by atoms with Crippen LogP contribution in [0.2, 0.25) is 5.02 Å². The van der Waals surface area contributed by atoms with E-state index >= 15 is 0 Å². The maximum absolute atomic E-state index is 13.0. The van der Waals surface area contributed by atoms with E-state index in [1.165, 1.54) is 11.3 Å². The number of nitrogens with zero attached hydrogens (tertiary/aromatic N) is 3. The first-order valence-electron chi connectivity index (χ1n) is 9.87. The zero-order valence-electron chi connectivity index (χ0n) is 16.9. The highest BCUT2D eigenvalue weighted by Crippen LogP contribution is 2.30. The van der Waals surface area contributed by atoms with Crippen molar-refractivity contribution in [1.82, 2.24) is 15.1 Å². The molecule has 0 aliphatic carbocycles. The van der Waals surface area contributed by atoms with Gasteiger partial charge in [0, 0.05) is 35.3 Å². The van der Waals surface area contributed by atoms with Crippen LogP contribution in [0.3, 0.4) is 0 Å². The Morgan fingerprint density at radius 3 is 2.84 bits per heavy atom. The van der Waals surface area contributed by atoms with Crippen LogP contribution < -0.4 is 10.1 Å². The highest BCUT2D eigenvalue weighted by Gasteiger charge is 2.28. The third-order valence-corrected chi connectivity index (χ3v) is 6.41. The van der Waals surface area contributed by atoms with E-state index in [4.69, 9.17) is 16.3 Å². The Morgan fingerprint density at radius 2 is 2.03 bits per heavy atom. The van der Waals surface area contributed by atoms with Gasteiger partial charge in [-0.2, -0.15) is 0 Å². The third-order valence-electron chi connectivity index (χ3n) is 5.09.